The van der Waals surface area contributed by atoms with Gasteiger partial charge in [0.05, 0.1) is 12.5 Å². The maximum absolute atomic E-state index is 8.41. The fourth-order valence-electron chi connectivity index (χ4n) is 0.838. The minimum Gasteiger partial charge on any atom is -0.198 e. The molecular weight excluding hydrogens is 202 g/mol. The van der Waals surface area contributed by atoms with E-state index in [1.54, 1.807) is 0 Å². The molecular formula is C9H8BrN. The fraction of sp³-hybridized carbons (Fsp3) is 0.222. The Bertz CT molecular complexity index is 299. The third-order valence-corrected chi connectivity index (χ3v) is 2.37. The topological polar surface area (TPSA) is 23.8 Å². The minimum atomic E-state index is 0.485. The van der Waals surface area contributed by atoms with Crippen LogP contribution in [0.1, 0.15) is 11.1 Å². The van der Waals surface area contributed by atoms with Gasteiger partial charge >= 0.3 is 0 Å². The van der Waals surface area contributed by atoms with Crippen molar-refractivity contribution in [2.75, 3.05) is 0 Å². The van der Waals surface area contributed by atoms with Gasteiger partial charge in [0.25, 0.3) is 0 Å². The van der Waals surface area contributed by atoms with Crippen LogP contribution in [0.3, 0.4) is 0 Å². The van der Waals surface area contributed by atoms with Crippen molar-refractivity contribution < 1.29 is 0 Å². The zero-order valence-corrected chi connectivity index (χ0v) is 7.85. The number of hydrogen-bond donors (Lipinski definition) is 0. The Morgan fingerprint density at radius 2 is 2.27 bits per heavy atom. The van der Waals surface area contributed by atoms with Crippen LogP contribution in [0, 0.1) is 18.3 Å². The second-order valence-corrected chi connectivity index (χ2v) is 3.27. The monoisotopic (exact) mass is 209 g/mol. The van der Waals surface area contributed by atoms with Gasteiger partial charge in [0, 0.05) is 4.47 Å². The normalized spacial score (nSPS) is 9.18. The highest BCUT2D eigenvalue weighted by Crippen LogP contribution is 2.17. The maximum Gasteiger partial charge on any atom is 0.0669 e. The van der Waals surface area contributed by atoms with Crippen molar-refractivity contribution in [2.24, 2.45) is 0 Å². The molecule has 0 amide bonds. The quantitative estimate of drug-likeness (QED) is 0.699. The number of nitrogens with zero attached hydrogens (tertiary/aromatic N) is 1. The molecule has 0 bridgehead atoms. The lowest BCUT2D eigenvalue weighted by molar-refractivity contribution is 1.24. The van der Waals surface area contributed by atoms with Gasteiger partial charge in [0.15, 0.2) is 0 Å². The molecule has 0 fully saturated rings. The van der Waals surface area contributed by atoms with Gasteiger partial charge in [-0.3, -0.25) is 0 Å². The Balaban J connectivity index is 2.98. The van der Waals surface area contributed by atoms with E-state index in [9.17, 15) is 0 Å². The second kappa shape index (κ2) is 3.54. The lowest BCUT2D eigenvalue weighted by Crippen LogP contribution is -1.82. The van der Waals surface area contributed by atoms with Crippen molar-refractivity contribution in [3.05, 3.63) is 33.8 Å². The van der Waals surface area contributed by atoms with Crippen LogP contribution in [0.2, 0.25) is 0 Å². The van der Waals surface area contributed by atoms with Crippen molar-refractivity contribution in [1.82, 2.24) is 0 Å². The molecule has 0 N–H and O–H groups in total. The Kier molecular flexibility index (Phi) is 2.67. The first-order chi connectivity index (χ1) is 5.24. The Morgan fingerprint density at radius 3 is 2.82 bits per heavy atom. The second-order valence-electron chi connectivity index (χ2n) is 2.42. The lowest BCUT2D eigenvalue weighted by Gasteiger charge is -1.98. The average Bonchev–Trinajstić information content (AvgIpc) is 1.98. The summed E-state index contributed by atoms with van der Waals surface area (Å²) in [6.45, 7) is 2.03. The zero-order chi connectivity index (χ0) is 8.27. The van der Waals surface area contributed by atoms with E-state index in [2.05, 4.69) is 22.0 Å². The molecule has 0 spiro atoms. The summed E-state index contributed by atoms with van der Waals surface area (Å²) in [6, 6.07) is 8.08. The predicted octanol–water partition coefficient (Wildman–Crippen LogP) is 2.82. The highest BCUT2D eigenvalue weighted by Gasteiger charge is 1.95. The van der Waals surface area contributed by atoms with Gasteiger partial charge in [-0.05, 0) is 24.1 Å². The number of aryl methyl sites for hydroxylation is 1. The van der Waals surface area contributed by atoms with E-state index in [-0.39, 0.29) is 0 Å². The lowest BCUT2D eigenvalue weighted by atomic mass is 10.1. The van der Waals surface area contributed by atoms with E-state index in [1.165, 1.54) is 5.56 Å². The van der Waals surface area contributed by atoms with Crippen LogP contribution in [-0.2, 0) is 6.42 Å². The summed E-state index contributed by atoms with van der Waals surface area (Å²) in [5, 5.41) is 8.41. The van der Waals surface area contributed by atoms with E-state index in [1.807, 2.05) is 25.1 Å². The van der Waals surface area contributed by atoms with Gasteiger partial charge in [-0.15, -0.1) is 0 Å². The summed E-state index contributed by atoms with van der Waals surface area (Å²) >= 11 is 3.41. The third-order valence-electron chi connectivity index (χ3n) is 1.52. The van der Waals surface area contributed by atoms with Crippen LogP contribution in [0.5, 0.6) is 0 Å². The molecule has 0 saturated heterocycles. The Labute approximate surface area is 74.8 Å². The summed E-state index contributed by atoms with van der Waals surface area (Å²) < 4.78 is 1.07. The summed E-state index contributed by atoms with van der Waals surface area (Å²) in [4.78, 5) is 0. The van der Waals surface area contributed by atoms with Gasteiger partial charge in [-0.2, -0.15) is 5.26 Å². The minimum absolute atomic E-state index is 0.485. The average molecular weight is 210 g/mol. The van der Waals surface area contributed by atoms with Gasteiger partial charge in [-0.1, -0.05) is 28.1 Å². The van der Waals surface area contributed by atoms with Crippen molar-refractivity contribution in [2.45, 2.75) is 13.3 Å². The zero-order valence-electron chi connectivity index (χ0n) is 6.26. The van der Waals surface area contributed by atoms with E-state index in [0.717, 1.165) is 10.0 Å². The summed E-state index contributed by atoms with van der Waals surface area (Å²) in [5.41, 5.74) is 2.26. The summed E-state index contributed by atoms with van der Waals surface area (Å²) in [6.07, 6.45) is 0.485. The predicted molar refractivity (Wildman–Crippen MR) is 48.2 cm³/mol. The van der Waals surface area contributed by atoms with Crippen LogP contribution in [0.25, 0.3) is 0 Å². The molecule has 0 aromatic heterocycles. The number of halogens is 1. The molecule has 0 saturated carbocycles. The van der Waals surface area contributed by atoms with Gasteiger partial charge in [0.1, 0.15) is 0 Å². The number of benzene rings is 1. The van der Waals surface area contributed by atoms with E-state index in [4.69, 9.17) is 5.26 Å². The highest BCUT2D eigenvalue weighted by atomic mass is 79.9. The number of rotatable bonds is 1. The number of hydrogen-bond acceptors (Lipinski definition) is 1. The molecule has 1 aromatic rings. The largest absolute Gasteiger partial charge is 0.198 e. The van der Waals surface area contributed by atoms with E-state index in [0.29, 0.717) is 6.42 Å². The maximum atomic E-state index is 8.41. The molecule has 0 atom stereocenters. The van der Waals surface area contributed by atoms with Crippen LogP contribution < -0.4 is 0 Å². The molecule has 0 aliphatic carbocycles. The number of nitriles is 1. The Hall–Kier alpha value is -0.810. The molecule has 0 aliphatic heterocycles. The SMILES string of the molecule is Cc1ccc(CC#N)cc1Br. The van der Waals surface area contributed by atoms with E-state index >= 15 is 0 Å². The van der Waals surface area contributed by atoms with Crippen LogP contribution in [0.4, 0.5) is 0 Å². The molecule has 0 radical (unpaired) electrons. The Morgan fingerprint density at radius 1 is 1.55 bits per heavy atom. The summed E-state index contributed by atoms with van der Waals surface area (Å²) in [7, 11) is 0. The van der Waals surface area contributed by atoms with Gasteiger partial charge in [0.2, 0.25) is 0 Å². The fourth-order valence-corrected chi connectivity index (χ4v) is 1.26. The van der Waals surface area contributed by atoms with Crippen molar-refractivity contribution in [1.29, 1.82) is 5.26 Å². The highest BCUT2D eigenvalue weighted by molar-refractivity contribution is 9.10. The first-order valence-electron chi connectivity index (χ1n) is 3.36. The molecule has 0 heterocycles. The van der Waals surface area contributed by atoms with Crippen LogP contribution in [-0.4, -0.2) is 0 Å². The molecule has 1 aromatic carbocycles. The van der Waals surface area contributed by atoms with Crippen molar-refractivity contribution in [3.8, 4) is 6.07 Å². The standard InChI is InChI=1S/C9H8BrN/c1-7-2-3-8(4-5-11)6-9(7)10/h2-3,6H,4H2,1H3. The first kappa shape index (κ1) is 8.29. The third kappa shape index (κ3) is 2.06. The summed E-state index contributed by atoms with van der Waals surface area (Å²) in [5.74, 6) is 0. The van der Waals surface area contributed by atoms with Crippen molar-refractivity contribution >= 4 is 15.9 Å². The molecule has 56 valence electrons. The molecule has 0 aliphatic rings. The van der Waals surface area contributed by atoms with Crippen LogP contribution >= 0.6 is 15.9 Å². The van der Waals surface area contributed by atoms with E-state index < -0.39 is 0 Å². The molecule has 2 heteroatoms. The first-order valence-corrected chi connectivity index (χ1v) is 4.15. The smallest absolute Gasteiger partial charge is 0.0669 e. The molecule has 1 rings (SSSR count). The van der Waals surface area contributed by atoms with Gasteiger partial charge in [-0.25, -0.2) is 0 Å². The van der Waals surface area contributed by atoms with Gasteiger partial charge < -0.3 is 0 Å². The molecule has 1 nitrogen and oxygen atoms in total. The van der Waals surface area contributed by atoms with Crippen LogP contribution in [0.15, 0.2) is 22.7 Å². The molecule has 11 heavy (non-hydrogen) atoms. The molecule has 0 unspecified atom stereocenters. The van der Waals surface area contributed by atoms with Crippen molar-refractivity contribution in [3.63, 3.8) is 0 Å².